The summed E-state index contributed by atoms with van der Waals surface area (Å²) < 4.78 is 0. The van der Waals surface area contributed by atoms with Gasteiger partial charge in [-0.05, 0) is 62.6 Å². The van der Waals surface area contributed by atoms with Gasteiger partial charge in [0, 0.05) is 12.1 Å². The molecule has 0 amide bonds. The highest BCUT2D eigenvalue weighted by atomic mass is 14.9. The first-order valence-electron chi connectivity index (χ1n) is 6.89. The van der Waals surface area contributed by atoms with Gasteiger partial charge >= 0.3 is 0 Å². The lowest BCUT2D eigenvalue weighted by atomic mass is 10.0. The molecule has 1 aromatic rings. The molecule has 1 saturated carbocycles. The zero-order valence-electron chi connectivity index (χ0n) is 11.6. The molecule has 0 radical (unpaired) electrons. The Bertz CT molecular complexity index is 383. The highest BCUT2D eigenvalue weighted by Gasteiger charge is 2.22. The predicted molar refractivity (Wildman–Crippen MR) is 74.3 cm³/mol. The molecule has 17 heavy (non-hydrogen) atoms. The van der Waals surface area contributed by atoms with Crippen LogP contribution in [0.25, 0.3) is 0 Å². The highest BCUT2D eigenvalue weighted by molar-refractivity contribution is 5.31. The fourth-order valence-electron chi connectivity index (χ4n) is 2.84. The number of hydrogen-bond donors (Lipinski definition) is 1. The van der Waals surface area contributed by atoms with E-state index in [1.54, 1.807) is 0 Å². The average molecular weight is 231 g/mol. The van der Waals surface area contributed by atoms with Gasteiger partial charge in [-0.15, -0.1) is 0 Å². The molecule has 0 heterocycles. The van der Waals surface area contributed by atoms with Gasteiger partial charge < -0.3 is 5.32 Å². The molecule has 1 aromatic carbocycles. The minimum absolute atomic E-state index is 0.476. The number of rotatable bonds is 3. The molecule has 0 aromatic heterocycles. The quantitative estimate of drug-likeness (QED) is 0.824. The van der Waals surface area contributed by atoms with Crippen molar-refractivity contribution in [1.82, 2.24) is 5.32 Å². The molecule has 1 aliphatic rings. The van der Waals surface area contributed by atoms with Crippen molar-refractivity contribution < 1.29 is 0 Å². The van der Waals surface area contributed by atoms with Crippen molar-refractivity contribution in [2.45, 2.75) is 59.0 Å². The van der Waals surface area contributed by atoms with E-state index in [9.17, 15) is 0 Å². The molecule has 0 spiro atoms. The summed E-state index contributed by atoms with van der Waals surface area (Å²) in [5.41, 5.74) is 4.21. The number of aryl methyl sites for hydroxylation is 2. The van der Waals surface area contributed by atoms with Gasteiger partial charge in [-0.25, -0.2) is 0 Å². The molecule has 94 valence electrons. The van der Waals surface area contributed by atoms with Crippen LogP contribution in [0.4, 0.5) is 0 Å². The van der Waals surface area contributed by atoms with E-state index in [2.05, 4.69) is 51.2 Å². The van der Waals surface area contributed by atoms with Crippen LogP contribution in [0.3, 0.4) is 0 Å². The molecule has 1 N–H and O–H groups in total. The second kappa shape index (κ2) is 5.22. The predicted octanol–water partition coefficient (Wildman–Crippen LogP) is 4.14. The average Bonchev–Trinajstić information content (AvgIpc) is 2.68. The normalized spacial score (nSPS) is 26.1. The van der Waals surface area contributed by atoms with Gasteiger partial charge in [-0.1, -0.05) is 25.1 Å². The first kappa shape index (κ1) is 12.6. The maximum absolute atomic E-state index is 3.77. The van der Waals surface area contributed by atoms with E-state index in [0.717, 1.165) is 12.0 Å². The summed E-state index contributed by atoms with van der Waals surface area (Å²) in [6.07, 6.45) is 4.07. The highest BCUT2D eigenvalue weighted by Crippen LogP contribution is 2.27. The van der Waals surface area contributed by atoms with Crippen LogP contribution >= 0.6 is 0 Å². The van der Waals surface area contributed by atoms with E-state index >= 15 is 0 Å². The first-order valence-corrected chi connectivity index (χ1v) is 6.89. The smallest absolute Gasteiger partial charge is 0.0294 e. The zero-order chi connectivity index (χ0) is 12.4. The van der Waals surface area contributed by atoms with Crippen LogP contribution in [-0.4, -0.2) is 6.04 Å². The second-order valence-corrected chi connectivity index (χ2v) is 5.85. The Morgan fingerprint density at radius 3 is 2.53 bits per heavy atom. The van der Waals surface area contributed by atoms with Gasteiger partial charge in [0.15, 0.2) is 0 Å². The molecule has 1 nitrogen and oxygen atoms in total. The molecular formula is C16H25N. The standard InChI is InChI=1S/C16H25N/c1-11-5-8-16(9-11)17-14(4)15-7-6-12(2)13(3)10-15/h6-7,10-11,14,16-17H,5,8-9H2,1-4H3. The molecule has 3 atom stereocenters. The van der Waals surface area contributed by atoms with Crippen LogP contribution in [0.15, 0.2) is 18.2 Å². The summed E-state index contributed by atoms with van der Waals surface area (Å²) in [5.74, 6) is 0.902. The number of nitrogens with one attached hydrogen (secondary N) is 1. The van der Waals surface area contributed by atoms with Crippen LogP contribution in [0, 0.1) is 19.8 Å². The fraction of sp³-hybridized carbons (Fsp3) is 0.625. The Hall–Kier alpha value is -0.820. The topological polar surface area (TPSA) is 12.0 Å². The molecule has 1 aliphatic carbocycles. The van der Waals surface area contributed by atoms with Gasteiger partial charge in [0.25, 0.3) is 0 Å². The van der Waals surface area contributed by atoms with E-state index in [1.807, 2.05) is 0 Å². The van der Waals surface area contributed by atoms with Crippen molar-refractivity contribution >= 4 is 0 Å². The maximum Gasteiger partial charge on any atom is 0.0294 e. The van der Waals surface area contributed by atoms with Crippen LogP contribution in [0.1, 0.15) is 55.8 Å². The van der Waals surface area contributed by atoms with Crippen LogP contribution < -0.4 is 5.32 Å². The molecule has 1 fully saturated rings. The van der Waals surface area contributed by atoms with Crippen molar-refractivity contribution in [3.63, 3.8) is 0 Å². The van der Waals surface area contributed by atoms with Crippen molar-refractivity contribution in [2.24, 2.45) is 5.92 Å². The minimum atomic E-state index is 0.476. The van der Waals surface area contributed by atoms with Crippen LogP contribution in [0.2, 0.25) is 0 Å². The Morgan fingerprint density at radius 1 is 1.18 bits per heavy atom. The third kappa shape index (κ3) is 3.10. The van der Waals surface area contributed by atoms with Gasteiger partial charge in [0.2, 0.25) is 0 Å². The molecule has 2 rings (SSSR count). The van der Waals surface area contributed by atoms with E-state index in [-0.39, 0.29) is 0 Å². The third-order valence-electron chi connectivity index (χ3n) is 4.21. The van der Waals surface area contributed by atoms with E-state index in [0.29, 0.717) is 6.04 Å². The lowest BCUT2D eigenvalue weighted by Crippen LogP contribution is -2.29. The molecule has 0 saturated heterocycles. The Morgan fingerprint density at radius 2 is 1.94 bits per heavy atom. The molecule has 0 aliphatic heterocycles. The summed E-state index contributed by atoms with van der Waals surface area (Å²) in [7, 11) is 0. The number of hydrogen-bond acceptors (Lipinski definition) is 1. The minimum Gasteiger partial charge on any atom is -0.307 e. The van der Waals surface area contributed by atoms with Crippen LogP contribution in [-0.2, 0) is 0 Å². The summed E-state index contributed by atoms with van der Waals surface area (Å²) >= 11 is 0. The Kier molecular flexibility index (Phi) is 3.88. The number of benzene rings is 1. The fourth-order valence-corrected chi connectivity index (χ4v) is 2.84. The molecular weight excluding hydrogens is 206 g/mol. The van der Waals surface area contributed by atoms with Crippen molar-refractivity contribution in [1.29, 1.82) is 0 Å². The summed E-state index contributed by atoms with van der Waals surface area (Å²) in [5, 5.41) is 3.77. The SMILES string of the molecule is Cc1ccc(C(C)NC2CCC(C)C2)cc1C. The molecule has 1 heteroatoms. The summed E-state index contributed by atoms with van der Waals surface area (Å²) in [6.45, 7) is 9.02. The van der Waals surface area contributed by atoms with Crippen molar-refractivity contribution in [3.8, 4) is 0 Å². The second-order valence-electron chi connectivity index (χ2n) is 5.85. The van der Waals surface area contributed by atoms with Crippen molar-refractivity contribution in [3.05, 3.63) is 34.9 Å². The third-order valence-corrected chi connectivity index (χ3v) is 4.21. The molecule has 3 unspecified atom stereocenters. The Balaban J connectivity index is 1.99. The summed E-state index contributed by atoms with van der Waals surface area (Å²) in [6, 6.07) is 8.02. The maximum atomic E-state index is 3.77. The van der Waals surface area contributed by atoms with Gasteiger partial charge in [-0.2, -0.15) is 0 Å². The monoisotopic (exact) mass is 231 g/mol. The van der Waals surface area contributed by atoms with Crippen LogP contribution in [0.5, 0.6) is 0 Å². The Labute approximate surface area is 106 Å². The summed E-state index contributed by atoms with van der Waals surface area (Å²) in [4.78, 5) is 0. The van der Waals surface area contributed by atoms with E-state index in [4.69, 9.17) is 0 Å². The van der Waals surface area contributed by atoms with Gasteiger partial charge in [-0.3, -0.25) is 0 Å². The van der Waals surface area contributed by atoms with E-state index in [1.165, 1.54) is 36.0 Å². The van der Waals surface area contributed by atoms with Crippen molar-refractivity contribution in [2.75, 3.05) is 0 Å². The molecule has 0 bridgehead atoms. The van der Waals surface area contributed by atoms with Gasteiger partial charge in [0.05, 0.1) is 0 Å². The lowest BCUT2D eigenvalue weighted by Gasteiger charge is -2.20. The lowest BCUT2D eigenvalue weighted by molar-refractivity contribution is 0.449. The first-order chi connectivity index (χ1) is 8.06. The van der Waals surface area contributed by atoms with E-state index < -0.39 is 0 Å². The van der Waals surface area contributed by atoms with Gasteiger partial charge in [0.1, 0.15) is 0 Å². The zero-order valence-corrected chi connectivity index (χ0v) is 11.6. The largest absolute Gasteiger partial charge is 0.307 e.